The Morgan fingerprint density at radius 1 is 1.00 bits per heavy atom. The van der Waals surface area contributed by atoms with Gasteiger partial charge in [0.1, 0.15) is 0 Å². The van der Waals surface area contributed by atoms with Crippen LogP contribution in [0, 0.1) is 10.8 Å². The minimum Gasteiger partial charge on any atom is -0.404 e. The normalized spacial score (nSPS) is 18.5. The molecule has 0 aliphatic rings. The van der Waals surface area contributed by atoms with Crippen molar-refractivity contribution in [1.29, 1.82) is 0 Å². The Morgan fingerprint density at radius 3 is 1.67 bits per heavy atom. The highest BCUT2D eigenvalue weighted by Crippen LogP contribution is 2.62. The monoisotopic (exact) mass is 347 g/mol. The van der Waals surface area contributed by atoms with Crippen LogP contribution in [0.25, 0.3) is 0 Å². The lowest BCUT2D eigenvalue weighted by Gasteiger charge is -2.59. The van der Waals surface area contributed by atoms with Crippen molar-refractivity contribution in [1.82, 2.24) is 0 Å². The zero-order valence-electron chi connectivity index (χ0n) is 16.4. The summed E-state index contributed by atoms with van der Waals surface area (Å²) in [6, 6.07) is 1.20. The average Bonchev–Trinajstić information content (AvgIpc) is 2.08. The van der Waals surface area contributed by atoms with Gasteiger partial charge in [0.15, 0.2) is 8.32 Å². The van der Waals surface area contributed by atoms with E-state index in [9.17, 15) is 0 Å². The van der Waals surface area contributed by atoms with Crippen LogP contribution < -0.4 is 0 Å². The predicted molar refractivity (Wildman–Crippen MR) is 105 cm³/mol. The first-order valence-corrected chi connectivity index (χ1v) is 14.9. The van der Waals surface area contributed by atoms with E-state index in [1.54, 1.807) is 0 Å². The van der Waals surface area contributed by atoms with Crippen LogP contribution in [0.5, 0.6) is 0 Å². The second-order valence-electron chi connectivity index (χ2n) is 9.68. The van der Waals surface area contributed by atoms with Crippen LogP contribution in [0.2, 0.25) is 19.1 Å². The maximum atomic E-state index is 7.10. The lowest BCUT2D eigenvalue weighted by atomic mass is 9.86. The SMILES string of the molecule is CCCC(O[Si](C)(C)CC(C)(C)C)(C(C)(C)C)S(C)(C)[Si]. The fourth-order valence-corrected chi connectivity index (χ4v) is 13.1. The summed E-state index contributed by atoms with van der Waals surface area (Å²) in [5.41, 5.74) is 0.461. The molecule has 0 aromatic rings. The van der Waals surface area contributed by atoms with Crippen LogP contribution >= 0.6 is 9.48 Å². The van der Waals surface area contributed by atoms with E-state index < -0.39 is 17.8 Å². The summed E-state index contributed by atoms with van der Waals surface area (Å²) in [6.45, 7) is 21.1. The highest BCUT2D eigenvalue weighted by molar-refractivity contribution is 8.50. The molecular formula is C17H39OSSi2. The van der Waals surface area contributed by atoms with Crippen LogP contribution in [-0.2, 0) is 4.43 Å². The highest BCUT2D eigenvalue weighted by atomic mass is 32.4. The van der Waals surface area contributed by atoms with Gasteiger partial charge in [-0.3, -0.25) is 0 Å². The molecule has 1 nitrogen and oxygen atoms in total. The molecule has 0 spiro atoms. The van der Waals surface area contributed by atoms with Gasteiger partial charge in [0.25, 0.3) is 0 Å². The Labute approximate surface area is 140 Å². The molecule has 1 unspecified atom stereocenters. The van der Waals surface area contributed by atoms with Crippen molar-refractivity contribution in [3.8, 4) is 0 Å². The summed E-state index contributed by atoms with van der Waals surface area (Å²) in [6.07, 6.45) is 7.00. The molecular weight excluding hydrogens is 308 g/mol. The van der Waals surface area contributed by atoms with Crippen molar-refractivity contribution in [3.63, 3.8) is 0 Å². The standard InChI is InChI=1S/C17H39OSSi2/c1-12-13-17(16(5,6)7,19(8,9)20)18-21(10,11)14-15(2,3)4/h12-14H2,1-11H3. The van der Waals surface area contributed by atoms with Gasteiger partial charge >= 0.3 is 0 Å². The molecule has 0 rings (SSSR count). The van der Waals surface area contributed by atoms with Crippen molar-refractivity contribution in [3.05, 3.63) is 0 Å². The van der Waals surface area contributed by atoms with E-state index in [-0.39, 0.29) is 10.3 Å². The molecule has 0 saturated carbocycles. The molecule has 0 N–H and O–H groups in total. The molecule has 3 radical (unpaired) electrons. The molecule has 0 bridgehead atoms. The van der Waals surface area contributed by atoms with Gasteiger partial charge in [0, 0.05) is 0 Å². The van der Waals surface area contributed by atoms with E-state index in [0.29, 0.717) is 5.41 Å². The fourth-order valence-electron chi connectivity index (χ4n) is 3.79. The molecule has 0 aliphatic heterocycles. The van der Waals surface area contributed by atoms with Gasteiger partial charge in [0.05, 0.1) is 14.3 Å². The average molecular weight is 348 g/mol. The molecule has 0 aromatic heterocycles. The zero-order valence-corrected chi connectivity index (χ0v) is 19.3. The van der Waals surface area contributed by atoms with E-state index in [1.807, 2.05) is 0 Å². The van der Waals surface area contributed by atoms with Crippen molar-refractivity contribution >= 4 is 27.2 Å². The van der Waals surface area contributed by atoms with E-state index in [1.165, 1.54) is 6.04 Å². The maximum Gasteiger partial charge on any atom is 0.189 e. The van der Waals surface area contributed by atoms with Gasteiger partial charge in [0.2, 0.25) is 0 Å². The number of hydrogen-bond acceptors (Lipinski definition) is 1. The lowest BCUT2D eigenvalue weighted by molar-refractivity contribution is 0.0315. The molecule has 21 heavy (non-hydrogen) atoms. The fraction of sp³-hybridized carbons (Fsp3) is 1.00. The Morgan fingerprint density at radius 2 is 1.43 bits per heavy atom. The van der Waals surface area contributed by atoms with Gasteiger partial charge < -0.3 is 4.43 Å². The third-order valence-corrected chi connectivity index (χ3v) is 10.4. The van der Waals surface area contributed by atoms with Crippen molar-refractivity contribution < 1.29 is 4.43 Å². The second kappa shape index (κ2) is 6.70. The summed E-state index contributed by atoms with van der Waals surface area (Å²) < 4.78 is 7.10. The van der Waals surface area contributed by atoms with E-state index in [4.69, 9.17) is 4.43 Å². The topological polar surface area (TPSA) is 9.23 Å². The third kappa shape index (κ3) is 6.04. The second-order valence-corrected chi connectivity index (χ2v) is 20.1. The first-order chi connectivity index (χ1) is 8.97. The van der Waals surface area contributed by atoms with Gasteiger partial charge in [-0.2, -0.15) is 0 Å². The molecule has 0 heterocycles. The van der Waals surface area contributed by atoms with Crippen LogP contribution in [-0.4, -0.2) is 35.2 Å². The van der Waals surface area contributed by atoms with Crippen LogP contribution in [0.4, 0.5) is 0 Å². The molecule has 0 fully saturated rings. The maximum absolute atomic E-state index is 7.10. The smallest absolute Gasteiger partial charge is 0.189 e. The number of hydrogen-bond donors (Lipinski definition) is 0. The Kier molecular flexibility index (Phi) is 6.94. The Hall–Kier alpha value is 0.744. The van der Waals surface area contributed by atoms with Crippen molar-refractivity contribution in [2.24, 2.45) is 10.8 Å². The van der Waals surface area contributed by atoms with Crippen molar-refractivity contribution in [2.45, 2.75) is 85.4 Å². The predicted octanol–water partition coefficient (Wildman–Crippen LogP) is 5.94. The molecule has 1 atom stereocenters. The van der Waals surface area contributed by atoms with Crippen LogP contribution in [0.1, 0.15) is 61.3 Å². The van der Waals surface area contributed by atoms with Gasteiger partial charge in [-0.15, -0.1) is 0 Å². The van der Waals surface area contributed by atoms with E-state index in [2.05, 4.69) is 83.5 Å². The first kappa shape index (κ1) is 21.7. The van der Waals surface area contributed by atoms with Crippen LogP contribution in [0.15, 0.2) is 0 Å². The number of rotatable bonds is 6. The first-order valence-electron chi connectivity index (χ1n) is 8.15. The molecule has 4 heteroatoms. The van der Waals surface area contributed by atoms with Crippen LogP contribution in [0.3, 0.4) is 0 Å². The highest BCUT2D eigenvalue weighted by Gasteiger charge is 2.51. The summed E-state index contributed by atoms with van der Waals surface area (Å²) in [5, 5.41) is 0. The molecule has 0 aromatic carbocycles. The molecule has 0 aliphatic carbocycles. The summed E-state index contributed by atoms with van der Waals surface area (Å²) >= 11 is 0. The summed E-state index contributed by atoms with van der Waals surface area (Å²) in [7, 11) is 1.35. The zero-order chi connectivity index (χ0) is 17.3. The largest absolute Gasteiger partial charge is 0.404 e. The quantitative estimate of drug-likeness (QED) is 0.540. The molecule has 127 valence electrons. The molecule has 0 saturated heterocycles. The molecule has 0 amide bonds. The van der Waals surface area contributed by atoms with E-state index >= 15 is 0 Å². The third-order valence-electron chi connectivity index (χ3n) is 3.94. The van der Waals surface area contributed by atoms with Gasteiger partial charge in [-0.1, -0.05) is 54.9 Å². The summed E-state index contributed by atoms with van der Waals surface area (Å²) in [4.78, 5) is -0.0629. The van der Waals surface area contributed by atoms with Gasteiger partial charge in [-0.05, 0) is 48.9 Å². The minimum absolute atomic E-state index is 0.0629. The van der Waals surface area contributed by atoms with Gasteiger partial charge in [-0.25, -0.2) is 9.48 Å². The lowest BCUT2D eigenvalue weighted by Crippen LogP contribution is -2.55. The Bertz CT molecular complexity index is 318. The van der Waals surface area contributed by atoms with E-state index in [0.717, 1.165) is 12.8 Å². The minimum atomic E-state index is -1.74. The summed E-state index contributed by atoms with van der Waals surface area (Å²) in [5.74, 6) is 0. The Balaban J connectivity index is 5.73. The van der Waals surface area contributed by atoms with Crippen molar-refractivity contribution in [2.75, 3.05) is 12.5 Å².